The van der Waals surface area contributed by atoms with Gasteiger partial charge >= 0.3 is 12.2 Å². The summed E-state index contributed by atoms with van der Waals surface area (Å²) in [7, 11) is 3.74. The first-order chi connectivity index (χ1) is 18.5. The van der Waals surface area contributed by atoms with Gasteiger partial charge in [0.25, 0.3) is 5.56 Å². The predicted octanol–water partition coefficient (Wildman–Crippen LogP) is 5.62. The number of aromatic nitrogens is 2. The third kappa shape index (κ3) is 6.64. The fourth-order valence-corrected chi connectivity index (χ4v) is 4.28. The van der Waals surface area contributed by atoms with Gasteiger partial charge in [0.15, 0.2) is 0 Å². The second-order valence-corrected chi connectivity index (χ2v) is 9.54. The summed E-state index contributed by atoms with van der Waals surface area (Å²) in [6.45, 7) is 2.86. The molecule has 0 aliphatic heterocycles. The van der Waals surface area contributed by atoms with Gasteiger partial charge in [-0.3, -0.25) is 9.36 Å². The number of halogens is 3. The number of carbonyl (C=O) groups is 1. The summed E-state index contributed by atoms with van der Waals surface area (Å²) in [4.78, 5) is 35.4. The van der Waals surface area contributed by atoms with Crippen LogP contribution in [0, 0.1) is 0 Å². The van der Waals surface area contributed by atoms with E-state index in [0.717, 1.165) is 17.7 Å². The molecular formula is C29H30F3N5O2. The Balaban J connectivity index is 1.72. The van der Waals surface area contributed by atoms with E-state index in [9.17, 15) is 22.8 Å². The number of amides is 2. The zero-order chi connectivity index (χ0) is 28.2. The lowest BCUT2D eigenvalue weighted by Gasteiger charge is -2.31. The van der Waals surface area contributed by atoms with Crippen molar-refractivity contribution in [1.29, 1.82) is 0 Å². The van der Waals surface area contributed by atoms with Gasteiger partial charge in [0.2, 0.25) is 0 Å². The molecule has 7 nitrogen and oxygen atoms in total. The molecule has 0 saturated carbocycles. The zero-order valence-corrected chi connectivity index (χ0v) is 21.9. The van der Waals surface area contributed by atoms with E-state index in [1.165, 1.54) is 17.0 Å². The molecule has 0 saturated heterocycles. The molecular weight excluding hydrogens is 507 g/mol. The lowest BCUT2D eigenvalue weighted by atomic mass is 10.1. The van der Waals surface area contributed by atoms with E-state index in [4.69, 9.17) is 4.98 Å². The zero-order valence-electron chi connectivity index (χ0n) is 21.9. The van der Waals surface area contributed by atoms with E-state index >= 15 is 0 Å². The number of urea groups is 1. The third-order valence-corrected chi connectivity index (χ3v) is 6.43. The van der Waals surface area contributed by atoms with Crippen molar-refractivity contribution in [2.24, 2.45) is 0 Å². The maximum Gasteiger partial charge on any atom is 0.416 e. The molecule has 1 atom stereocenters. The van der Waals surface area contributed by atoms with E-state index in [1.54, 1.807) is 35.8 Å². The van der Waals surface area contributed by atoms with E-state index in [-0.39, 0.29) is 24.3 Å². The summed E-state index contributed by atoms with van der Waals surface area (Å²) < 4.78 is 40.5. The van der Waals surface area contributed by atoms with Gasteiger partial charge in [-0.25, -0.2) is 9.78 Å². The molecule has 0 aliphatic carbocycles. The standard InChI is InChI=1S/C29H30F3N5O2/c1-20(36(18-17-35(2)3)28(39)33-23-15-13-22(14-16-23)29(30,31)32)26-34-25-12-8-7-11-24(25)27(38)37(26)19-21-9-5-4-6-10-21/h4-16,20H,17-19H2,1-3H3,(H,33,39). The lowest BCUT2D eigenvalue weighted by Crippen LogP contribution is -2.43. The van der Waals surface area contributed by atoms with Crippen LogP contribution in [0.4, 0.5) is 23.7 Å². The Hall–Kier alpha value is -4.18. The van der Waals surface area contributed by atoms with Crippen LogP contribution in [0.25, 0.3) is 10.9 Å². The molecule has 39 heavy (non-hydrogen) atoms. The van der Waals surface area contributed by atoms with Crippen molar-refractivity contribution in [3.63, 3.8) is 0 Å². The molecule has 1 N–H and O–H groups in total. The van der Waals surface area contributed by atoms with Crippen molar-refractivity contribution in [2.45, 2.75) is 25.7 Å². The second-order valence-electron chi connectivity index (χ2n) is 9.54. The van der Waals surface area contributed by atoms with Gasteiger partial charge in [-0.1, -0.05) is 42.5 Å². The van der Waals surface area contributed by atoms with Crippen LogP contribution >= 0.6 is 0 Å². The molecule has 204 valence electrons. The van der Waals surface area contributed by atoms with Gasteiger partial charge in [0.1, 0.15) is 5.82 Å². The highest BCUT2D eigenvalue weighted by atomic mass is 19.4. The maximum absolute atomic E-state index is 13.6. The highest BCUT2D eigenvalue weighted by Crippen LogP contribution is 2.30. The van der Waals surface area contributed by atoms with Crippen molar-refractivity contribution >= 4 is 22.6 Å². The summed E-state index contributed by atoms with van der Waals surface area (Å²) in [5, 5.41) is 3.17. The van der Waals surface area contributed by atoms with Gasteiger partial charge in [-0.15, -0.1) is 0 Å². The van der Waals surface area contributed by atoms with Crippen LogP contribution < -0.4 is 10.9 Å². The molecule has 1 heterocycles. The molecule has 0 aliphatic rings. The quantitative estimate of drug-likeness (QED) is 0.317. The van der Waals surface area contributed by atoms with Crippen LogP contribution in [-0.4, -0.2) is 52.6 Å². The SMILES string of the molecule is CC(c1nc2ccccc2c(=O)n1Cc1ccccc1)N(CCN(C)C)C(=O)Nc1ccc(C(F)(F)F)cc1. The summed E-state index contributed by atoms with van der Waals surface area (Å²) in [5.41, 5.74) is 0.623. The molecule has 0 fully saturated rings. The molecule has 2 amide bonds. The van der Waals surface area contributed by atoms with Crippen molar-refractivity contribution in [3.8, 4) is 0 Å². The van der Waals surface area contributed by atoms with Gasteiger partial charge in [-0.05, 0) is 63.0 Å². The van der Waals surface area contributed by atoms with Crippen LogP contribution in [0.5, 0.6) is 0 Å². The van der Waals surface area contributed by atoms with Crippen LogP contribution in [0.3, 0.4) is 0 Å². The van der Waals surface area contributed by atoms with Gasteiger partial charge < -0.3 is 15.1 Å². The molecule has 0 spiro atoms. The number of nitrogens with zero attached hydrogens (tertiary/aromatic N) is 4. The van der Waals surface area contributed by atoms with Crippen molar-refractivity contribution in [2.75, 3.05) is 32.5 Å². The number of benzene rings is 3. The molecule has 4 aromatic rings. The second kappa shape index (κ2) is 11.7. The number of para-hydroxylation sites is 1. The van der Waals surface area contributed by atoms with Crippen molar-refractivity contribution < 1.29 is 18.0 Å². The smallest absolute Gasteiger partial charge is 0.313 e. The summed E-state index contributed by atoms with van der Waals surface area (Å²) in [6.07, 6.45) is -4.47. The van der Waals surface area contributed by atoms with Gasteiger partial charge in [-0.2, -0.15) is 13.2 Å². The molecule has 1 aromatic heterocycles. The Labute approximate surface area is 224 Å². The minimum absolute atomic E-state index is 0.220. The maximum atomic E-state index is 13.6. The van der Waals surface area contributed by atoms with E-state index in [1.807, 2.05) is 49.3 Å². The first kappa shape index (κ1) is 27.8. The molecule has 1 unspecified atom stereocenters. The number of nitrogens with one attached hydrogen (secondary N) is 1. The normalized spacial score (nSPS) is 12.5. The monoisotopic (exact) mass is 537 g/mol. The number of likely N-dealkylation sites (N-methyl/N-ethyl adjacent to an activating group) is 1. The van der Waals surface area contributed by atoms with E-state index in [0.29, 0.717) is 23.3 Å². The van der Waals surface area contributed by atoms with Crippen LogP contribution in [0.2, 0.25) is 0 Å². The van der Waals surface area contributed by atoms with E-state index < -0.39 is 23.8 Å². The highest BCUT2D eigenvalue weighted by Gasteiger charge is 2.30. The minimum atomic E-state index is -4.47. The Kier molecular flexibility index (Phi) is 8.35. The van der Waals surface area contributed by atoms with Crippen LogP contribution in [0.15, 0.2) is 83.7 Å². The summed E-state index contributed by atoms with van der Waals surface area (Å²) >= 11 is 0. The number of alkyl halides is 3. The van der Waals surface area contributed by atoms with Gasteiger partial charge in [0, 0.05) is 18.8 Å². The average Bonchev–Trinajstić information content (AvgIpc) is 2.90. The third-order valence-electron chi connectivity index (χ3n) is 6.43. The first-order valence-electron chi connectivity index (χ1n) is 12.5. The summed E-state index contributed by atoms with van der Waals surface area (Å²) in [6, 6.07) is 19.7. The molecule has 0 radical (unpaired) electrons. The predicted molar refractivity (Wildman–Crippen MR) is 146 cm³/mol. The van der Waals surface area contributed by atoms with Crippen molar-refractivity contribution in [3.05, 3.63) is 106 Å². The minimum Gasteiger partial charge on any atom is -0.313 e. The Morgan fingerprint density at radius 3 is 2.23 bits per heavy atom. The Bertz CT molecular complexity index is 1490. The number of rotatable bonds is 8. The number of anilines is 1. The Morgan fingerprint density at radius 2 is 1.59 bits per heavy atom. The topological polar surface area (TPSA) is 70.5 Å². The fourth-order valence-electron chi connectivity index (χ4n) is 4.28. The molecule has 4 rings (SSSR count). The lowest BCUT2D eigenvalue weighted by molar-refractivity contribution is -0.137. The number of carbonyl (C=O) groups excluding carboxylic acids is 1. The molecule has 0 bridgehead atoms. The molecule has 10 heteroatoms. The van der Waals surface area contributed by atoms with Gasteiger partial charge in [0.05, 0.1) is 29.1 Å². The largest absolute Gasteiger partial charge is 0.416 e. The van der Waals surface area contributed by atoms with Crippen LogP contribution in [0.1, 0.15) is 29.9 Å². The summed E-state index contributed by atoms with van der Waals surface area (Å²) in [5.74, 6) is 0.406. The highest BCUT2D eigenvalue weighted by molar-refractivity contribution is 5.89. The Morgan fingerprint density at radius 1 is 0.949 bits per heavy atom. The first-order valence-corrected chi connectivity index (χ1v) is 12.5. The van der Waals surface area contributed by atoms with E-state index in [2.05, 4.69) is 5.32 Å². The average molecular weight is 538 g/mol. The molecule has 3 aromatic carbocycles. The number of fused-ring (bicyclic) bond motifs is 1. The number of hydrogen-bond donors (Lipinski definition) is 1. The van der Waals surface area contributed by atoms with Crippen LogP contribution in [-0.2, 0) is 12.7 Å². The van der Waals surface area contributed by atoms with Crippen molar-refractivity contribution in [1.82, 2.24) is 19.4 Å². The fraction of sp³-hybridized carbons (Fsp3) is 0.276. The number of hydrogen-bond acceptors (Lipinski definition) is 4.